The quantitative estimate of drug-likeness (QED) is 0.436. The number of benzene rings is 3. The van der Waals surface area contributed by atoms with Crippen LogP contribution in [0.1, 0.15) is 32.0 Å². The molecule has 156 valence electrons. The number of carbonyl (C=O) groups is 2. The monoisotopic (exact) mass is 415 g/mol. The second kappa shape index (κ2) is 8.36. The third-order valence-electron chi connectivity index (χ3n) is 5.08. The van der Waals surface area contributed by atoms with Crippen molar-refractivity contribution >= 4 is 28.3 Å². The molecule has 0 bridgehead atoms. The number of hydrogen-bond acceptors (Lipinski definition) is 5. The van der Waals surface area contributed by atoms with Crippen molar-refractivity contribution in [1.29, 1.82) is 0 Å². The number of furan rings is 1. The van der Waals surface area contributed by atoms with Gasteiger partial charge < -0.3 is 19.2 Å². The largest absolute Gasteiger partial charge is 0.497 e. The fourth-order valence-corrected chi connectivity index (χ4v) is 3.36. The van der Waals surface area contributed by atoms with Crippen molar-refractivity contribution in [1.82, 2.24) is 0 Å². The van der Waals surface area contributed by atoms with Gasteiger partial charge in [-0.2, -0.15) is 0 Å². The van der Waals surface area contributed by atoms with E-state index in [1.165, 1.54) is 0 Å². The minimum absolute atomic E-state index is 0.210. The van der Waals surface area contributed by atoms with E-state index in [-0.39, 0.29) is 17.5 Å². The zero-order valence-corrected chi connectivity index (χ0v) is 17.4. The summed E-state index contributed by atoms with van der Waals surface area (Å²) in [6, 6.07) is 19.1. The number of methoxy groups -OCH3 is 2. The highest BCUT2D eigenvalue weighted by Gasteiger charge is 2.20. The lowest BCUT2D eigenvalue weighted by atomic mass is 10.0. The van der Waals surface area contributed by atoms with Crippen molar-refractivity contribution in [2.24, 2.45) is 0 Å². The van der Waals surface area contributed by atoms with Crippen LogP contribution in [0.25, 0.3) is 11.0 Å². The highest BCUT2D eigenvalue weighted by Crippen LogP contribution is 2.30. The van der Waals surface area contributed by atoms with Crippen molar-refractivity contribution in [2.45, 2.75) is 6.92 Å². The summed E-state index contributed by atoms with van der Waals surface area (Å²) in [5, 5.41) is 3.64. The molecule has 0 radical (unpaired) electrons. The normalized spacial score (nSPS) is 10.7. The topological polar surface area (TPSA) is 77.8 Å². The van der Waals surface area contributed by atoms with Gasteiger partial charge in [-0.05, 0) is 67.6 Å². The van der Waals surface area contributed by atoms with Crippen LogP contribution >= 0.6 is 0 Å². The summed E-state index contributed by atoms with van der Waals surface area (Å²) in [7, 11) is 3.13. The first-order chi connectivity index (χ1) is 15.0. The van der Waals surface area contributed by atoms with E-state index in [4.69, 9.17) is 13.9 Å². The second-order valence-electron chi connectivity index (χ2n) is 7.01. The third kappa shape index (κ3) is 4.00. The van der Waals surface area contributed by atoms with Crippen molar-refractivity contribution < 1.29 is 23.5 Å². The van der Waals surface area contributed by atoms with Gasteiger partial charge >= 0.3 is 0 Å². The van der Waals surface area contributed by atoms with Gasteiger partial charge in [0, 0.05) is 27.8 Å². The highest BCUT2D eigenvalue weighted by atomic mass is 16.5. The zero-order chi connectivity index (χ0) is 22.0. The summed E-state index contributed by atoms with van der Waals surface area (Å²) < 4.78 is 16.1. The molecule has 1 aromatic heterocycles. The van der Waals surface area contributed by atoms with E-state index in [9.17, 15) is 9.59 Å². The SMILES string of the molecule is COc1ccc(C(=O)c2oc3ccc(NC(=O)c4cccc(OC)c4)cc3c2C)cc1. The Kier molecular flexibility index (Phi) is 5.45. The molecule has 1 N–H and O–H groups in total. The van der Waals surface area contributed by atoms with E-state index in [1.54, 1.807) is 80.9 Å². The summed E-state index contributed by atoms with van der Waals surface area (Å²) >= 11 is 0. The van der Waals surface area contributed by atoms with Crippen LogP contribution in [0.2, 0.25) is 0 Å². The lowest BCUT2D eigenvalue weighted by Crippen LogP contribution is -2.11. The van der Waals surface area contributed by atoms with Gasteiger partial charge in [0.25, 0.3) is 5.91 Å². The number of fused-ring (bicyclic) bond motifs is 1. The van der Waals surface area contributed by atoms with Gasteiger partial charge in [0.2, 0.25) is 5.78 Å². The van der Waals surface area contributed by atoms with Gasteiger partial charge in [0.1, 0.15) is 17.1 Å². The molecule has 4 aromatic rings. The molecule has 0 fully saturated rings. The molecule has 0 spiro atoms. The summed E-state index contributed by atoms with van der Waals surface area (Å²) in [6.45, 7) is 1.83. The Hall–Kier alpha value is -4.06. The van der Waals surface area contributed by atoms with Crippen LogP contribution in [-0.2, 0) is 0 Å². The van der Waals surface area contributed by atoms with E-state index in [2.05, 4.69) is 5.32 Å². The maximum absolute atomic E-state index is 12.9. The van der Waals surface area contributed by atoms with E-state index >= 15 is 0 Å². The average Bonchev–Trinajstić information content (AvgIpc) is 3.14. The van der Waals surface area contributed by atoms with Gasteiger partial charge in [-0.15, -0.1) is 0 Å². The molecule has 0 aliphatic heterocycles. The Morgan fingerprint density at radius 2 is 1.58 bits per heavy atom. The smallest absolute Gasteiger partial charge is 0.255 e. The fraction of sp³-hybridized carbons (Fsp3) is 0.120. The summed E-state index contributed by atoms with van der Waals surface area (Å²) in [6.07, 6.45) is 0. The molecule has 0 saturated carbocycles. The molecule has 1 amide bonds. The van der Waals surface area contributed by atoms with Crippen LogP contribution in [0.5, 0.6) is 11.5 Å². The maximum atomic E-state index is 12.9. The van der Waals surface area contributed by atoms with Crippen molar-refractivity contribution in [3.05, 3.63) is 89.2 Å². The van der Waals surface area contributed by atoms with Crippen LogP contribution in [-0.4, -0.2) is 25.9 Å². The van der Waals surface area contributed by atoms with Gasteiger partial charge in [-0.3, -0.25) is 9.59 Å². The number of aryl methyl sites for hydroxylation is 1. The number of ketones is 1. The van der Waals surface area contributed by atoms with Crippen molar-refractivity contribution in [3.8, 4) is 11.5 Å². The van der Waals surface area contributed by atoms with Crippen molar-refractivity contribution in [2.75, 3.05) is 19.5 Å². The first-order valence-electron chi connectivity index (χ1n) is 9.67. The fourth-order valence-electron chi connectivity index (χ4n) is 3.36. The molecule has 0 unspecified atom stereocenters. The summed E-state index contributed by atoms with van der Waals surface area (Å²) in [5.74, 6) is 1.09. The lowest BCUT2D eigenvalue weighted by molar-refractivity contribution is 0.101. The number of nitrogens with one attached hydrogen (secondary N) is 1. The van der Waals surface area contributed by atoms with Gasteiger partial charge in [-0.1, -0.05) is 6.07 Å². The molecule has 0 aliphatic carbocycles. The number of amides is 1. The number of hydrogen-bond donors (Lipinski definition) is 1. The molecule has 0 atom stereocenters. The minimum atomic E-state index is -0.256. The van der Waals surface area contributed by atoms with Crippen LogP contribution in [0.4, 0.5) is 5.69 Å². The van der Waals surface area contributed by atoms with Crippen LogP contribution in [0.15, 0.2) is 71.1 Å². The molecule has 6 heteroatoms. The van der Waals surface area contributed by atoms with Gasteiger partial charge in [0.05, 0.1) is 14.2 Å². The summed E-state index contributed by atoms with van der Waals surface area (Å²) in [4.78, 5) is 25.5. The third-order valence-corrected chi connectivity index (χ3v) is 5.08. The molecular formula is C25H21NO5. The zero-order valence-electron chi connectivity index (χ0n) is 17.4. The van der Waals surface area contributed by atoms with Crippen LogP contribution in [0.3, 0.4) is 0 Å². The molecule has 0 saturated heterocycles. The van der Waals surface area contributed by atoms with Gasteiger partial charge in [-0.25, -0.2) is 0 Å². The molecule has 0 aliphatic rings. The minimum Gasteiger partial charge on any atom is -0.497 e. The molecule has 6 nitrogen and oxygen atoms in total. The summed E-state index contributed by atoms with van der Waals surface area (Å²) in [5.41, 5.74) is 2.89. The van der Waals surface area contributed by atoms with E-state index in [0.29, 0.717) is 39.5 Å². The standard InChI is InChI=1S/C25H21NO5/c1-15-21-14-18(26-25(28)17-5-4-6-20(13-17)30-3)9-12-22(21)31-24(15)23(27)16-7-10-19(29-2)11-8-16/h4-14H,1-3H3,(H,26,28). The lowest BCUT2D eigenvalue weighted by Gasteiger charge is -2.07. The molecule has 4 rings (SSSR count). The van der Waals surface area contributed by atoms with E-state index in [0.717, 1.165) is 5.39 Å². The van der Waals surface area contributed by atoms with E-state index in [1.807, 2.05) is 6.92 Å². The maximum Gasteiger partial charge on any atom is 0.255 e. The van der Waals surface area contributed by atoms with Crippen molar-refractivity contribution in [3.63, 3.8) is 0 Å². The molecule has 3 aromatic carbocycles. The highest BCUT2D eigenvalue weighted by molar-refractivity contribution is 6.11. The number of anilines is 1. The first kappa shape index (κ1) is 20.2. The Morgan fingerprint density at radius 3 is 2.29 bits per heavy atom. The number of rotatable bonds is 6. The number of ether oxygens (including phenoxy) is 2. The predicted molar refractivity (Wildman–Crippen MR) is 118 cm³/mol. The second-order valence-corrected chi connectivity index (χ2v) is 7.01. The van der Waals surface area contributed by atoms with E-state index < -0.39 is 0 Å². The van der Waals surface area contributed by atoms with Crippen LogP contribution < -0.4 is 14.8 Å². The average molecular weight is 415 g/mol. The Morgan fingerprint density at radius 1 is 0.839 bits per heavy atom. The molecular weight excluding hydrogens is 394 g/mol. The predicted octanol–water partition coefficient (Wildman–Crippen LogP) is 5.24. The Labute approximate surface area is 179 Å². The Bertz CT molecular complexity index is 1270. The molecule has 1 heterocycles. The first-order valence-corrected chi connectivity index (χ1v) is 9.67. The van der Waals surface area contributed by atoms with Crippen LogP contribution in [0, 0.1) is 6.92 Å². The number of carbonyl (C=O) groups excluding carboxylic acids is 2. The molecule has 31 heavy (non-hydrogen) atoms. The Balaban J connectivity index is 1.61. The van der Waals surface area contributed by atoms with Gasteiger partial charge in [0.15, 0.2) is 5.76 Å².